The van der Waals surface area contributed by atoms with Crippen molar-refractivity contribution in [3.63, 3.8) is 0 Å². The van der Waals surface area contributed by atoms with E-state index in [0.29, 0.717) is 48.5 Å². The first-order valence-corrected chi connectivity index (χ1v) is 10.2. The van der Waals surface area contributed by atoms with Crippen molar-refractivity contribution in [3.8, 4) is 5.88 Å². The Bertz CT molecular complexity index is 918. The van der Waals surface area contributed by atoms with E-state index in [-0.39, 0.29) is 23.6 Å². The third kappa shape index (κ3) is 5.61. The van der Waals surface area contributed by atoms with Crippen LogP contribution in [-0.4, -0.2) is 62.2 Å². The van der Waals surface area contributed by atoms with Gasteiger partial charge in [-0.15, -0.1) is 0 Å². The van der Waals surface area contributed by atoms with Crippen molar-refractivity contribution >= 4 is 23.2 Å². The number of nitrogens with one attached hydrogen (secondary N) is 2. The standard InChI is InChI=1S/C21H31N5O4/c1-20(2,3)25-18(27)14-11-22-17-16(14)24-15(12-23-17)29-13-7-9-26(10-8-13)19(28)30-21(4,5)6/h11-13H,7-10H2,1-6H3,(H,22,23)(H,25,27). The monoisotopic (exact) mass is 417 g/mol. The van der Waals surface area contributed by atoms with Crippen LogP contribution in [0.25, 0.3) is 11.2 Å². The largest absolute Gasteiger partial charge is 0.473 e. The average Bonchev–Trinajstić information content (AvgIpc) is 3.03. The number of nitrogens with zero attached hydrogens (tertiary/aromatic N) is 3. The number of amides is 2. The number of piperidine rings is 1. The van der Waals surface area contributed by atoms with Gasteiger partial charge in [0.15, 0.2) is 5.65 Å². The highest BCUT2D eigenvalue weighted by atomic mass is 16.6. The van der Waals surface area contributed by atoms with E-state index in [1.165, 1.54) is 0 Å². The molecule has 0 aromatic carbocycles. The van der Waals surface area contributed by atoms with Crippen LogP contribution in [0.5, 0.6) is 5.88 Å². The zero-order valence-corrected chi connectivity index (χ0v) is 18.5. The molecule has 9 nitrogen and oxygen atoms in total. The minimum absolute atomic E-state index is 0.0822. The van der Waals surface area contributed by atoms with E-state index in [1.807, 2.05) is 41.5 Å². The molecular weight excluding hydrogens is 386 g/mol. The summed E-state index contributed by atoms with van der Waals surface area (Å²) in [5, 5.41) is 2.93. The summed E-state index contributed by atoms with van der Waals surface area (Å²) < 4.78 is 11.4. The Morgan fingerprint density at radius 3 is 2.43 bits per heavy atom. The normalized spacial score (nSPS) is 15.9. The summed E-state index contributed by atoms with van der Waals surface area (Å²) in [5.41, 5.74) is 0.562. The number of H-pyrrole nitrogens is 1. The molecule has 3 heterocycles. The minimum Gasteiger partial charge on any atom is -0.473 e. The van der Waals surface area contributed by atoms with Crippen molar-refractivity contribution in [2.45, 2.75) is 71.6 Å². The van der Waals surface area contributed by atoms with Gasteiger partial charge in [-0.1, -0.05) is 0 Å². The summed E-state index contributed by atoms with van der Waals surface area (Å²) in [6, 6.07) is 0. The van der Waals surface area contributed by atoms with Gasteiger partial charge in [-0.2, -0.15) is 0 Å². The second kappa shape index (κ2) is 8.12. The van der Waals surface area contributed by atoms with E-state index < -0.39 is 5.60 Å². The van der Waals surface area contributed by atoms with Crippen molar-refractivity contribution in [2.75, 3.05) is 13.1 Å². The van der Waals surface area contributed by atoms with Crippen LogP contribution < -0.4 is 10.1 Å². The quantitative estimate of drug-likeness (QED) is 0.793. The first-order chi connectivity index (χ1) is 13.9. The molecule has 3 rings (SSSR count). The number of carbonyl (C=O) groups is 2. The Morgan fingerprint density at radius 2 is 1.83 bits per heavy atom. The van der Waals surface area contributed by atoms with E-state index in [2.05, 4.69) is 20.3 Å². The van der Waals surface area contributed by atoms with Crippen LogP contribution in [0, 0.1) is 0 Å². The lowest BCUT2D eigenvalue weighted by molar-refractivity contribution is 0.0123. The SMILES string of the molecule is CC(C)(C)NC(=O)c1c[nH]c2ncc(OC3CCN(C(=O)OC(C)(C)C)CC3)nc12. The van der Waals surface area contributed by atoms with E-state index >= 15 is 0 Å². The first-order valence-electron chi connectivity index (χ1n) is 10.2. The third-order valence-electron chi connectivity index (χ3n) is 4.47. The Kier molecular flexibility index (Phi) is 5.92. The van der Waals surface area contributed by atoms with E-state index in [0.717, 1.165) is 0 Å². The number of hydrogen-bond donors (Lipinski definition) is 2. The molecule has 0 saturated carbocycles. The summed E-state index contributed by atoms with van der Waals surface area (Å²) in [6.07, 6.45) is 4.11. The zero-order valence-electron chi connectivity index (χ0n) is 18.5. The van der Waals surface area contributed by atoms with Crippen molar-refractivity contribution in [1.29, 1.82) is 0 Å². The van der Waals surface area contributed by atoms with Gasteiger partial charge in [0.1, 0.15) is 17.2 Å². The predicted octanol–water partition coefficient (Wildman–Crippen LogP) is 3.26. The van der Waals surface area contributed by atoms with Crippen LogP contribution in [-0.2, 0) is 4.74 Å². The molecule has 164 valence electrons. The van der Waals surface area contributed by atoms with Crippen LogP contribution in [0.4, 0.5) is 4.79 Å². The molecule has 2 amide bonds. The van der Waals surface area contributed by atoms with Gasteiger partial charge in [0.2, 0.25) is 5.88 Å². The van der Waals surface area contributed by atoms with Gasteiger partial charge in [-0.3, -0.25) is 4.79 Å². The Balaban J connectivity index is 1.64. The highest BCUT2D eigenvalue weighted by molar-refractivity contribution is 6.04. The Labute approximate surface area is 176 Å². The van der Waals surface area contributed by atoms with Gasteiger partial charge in [-0.25, -0.2) is 14.8 Å². The number of fused-ring (bicyclic) bond motifs is 1. The Morgan fingerprint density at radius 1 is 1.17 bits per heavy atom. The number of ether oxygens (including phenoxy) is 2. The molecule has 9 heteroatoms. The lowest BCUT2D eigenvalue weighted by Crippen LogP contribution is -2.44. The summed E-state index contributed by atoms with van der Waals surface area (Å²) in [4.78, 5) is 38.2. The second-order valence-corrected chi connectivity index (χ2v) is 9.60. The molecule has 0 bridgehead atoms. The number of aromatic nitrogens is 3. The van der Waals surface area contributed by atoms with Crippen LogP contribution >= 0.6 is 0 Å². The maximum atomic E-state index is 12.5. The molecule has 2 N–H and O–H groups in total. The van der Waals surface area contributed by atoms with Gasteiger partial charge < -0.3 is 24.7 Å². The molecule has 0 atom stereocenters. The Hall–Kier alpha value is -2.84. The molecule has 2 aromatic heterocycles. The van der Waals surface area contributed by atoms with Crippen LogP contribution in [0.15, 0.2) is 12.4 Å². The van der Waals surface area contributed by atoms with Crippen LogP contribution in [0.3, 0.4) is 0 Å². The molecule has 30 heavy (non-hydrogen) atoms. The summed E-state index contributed by atoms with van der Waals surface area (Å²) in [5.74, 6) is 0.147. The maximum absolute atomic E-state index is 12.5. The van der Waals surface area contributed by atoms with Gasteiger partial charge in [0, 0.05) is 37.7 Å². The molecule has 0 spiro atoms. The van der Waals surface area contributed by atoms with Crippen molar-refractivity contribution < 1.29 is 19.1 Å². The number of likely N-dealkylation sites (tertiary alicyclic amines) is 1. The van der Waals surface area contributed by atoms with Crippen LogP contribution in [0.1, 0.15) is 64.7 Å². The van der Waals surface area contributed by atoms with Crippen LogP contribution in [0.2, 0.25) is 0 Å². The molecule has 0 radical (unpaired) electrons. The molecular formula is C21H31N5O4. The molecule has 1 fully saturated rings. The predicted molar refractivity (Wildman–Crippen MR) is 113 cm³/mol. The molecule has 0 unspecified atom stereocenters. The fraction of sp³-hybridized carbons (Fsp3) is 0.619. The lowest BCUT2D eigenvalue weighted by atomic mass is 10.1. The lowest BCUT2D eigenvalue weighted by Gasteiger charge is -2.33. The summed E-state index contributed by atoms with van der Waals surface area (Å²) >= 11 is 0. The highest BCUT2D eigenvalue weighted by Gasteiger charge is 2.28. The van der Waals surface area contributed by atoms with Gasteiger partial charge >= 0.3 is 6.09 Å². The first kappa shape index (κ1) is 21.9. The number of rotatable bonds is 3. The number of carbonyl (C=O) groups excluding carboxylic acids is 2. The molecule has 2 aromatic rings. The third-order valence-corrected chi connectivity index (χ3v) is 4.47. The summed E-state index contributed by atoms with van der Waals surface area (Å²) in [6.45, 7) is 12.4. The number of aromatic amines is 1. The highest BCUT2D eigenvalue weighted by Crippen LogP contribution is 2.22. The van der Waals surface area contributed by atoms with E-state index in [9.17, 15) is 9.59 Å². The minimum atomic E-state index is -0.511. The van der Waals surface area contributed by atoms with E-state index in [4.69, 9.17) is 9.47 Å². The average molecular weight is 418 g/mol. The van der Waals surface area contributed by atoms with Gasteiger partial charge in [-0.05, 0) is 41.5 Å². The fourth-order valence-electron chi connectivity index (χ4n) is 3.17. The van der Waals surface area contributed by atoms with E-state index in [1.54, 1.807) is 17.3 Å². The molecule has 0 aliphatic carbocycles. The van der Waals surface area contributed by atoms with Gasteiger partial charge in [0.25, 0.3) is 5.91 Å². The zero-order chi connectivity index (χ0) is 22.1. The van der Waals surface area contributed by atoms with Gasteiger partial charge in [0.05, 0.1) is 11.8 Å². The molecule has 1 aliphatic heterocycles. The smallest absolute Gasteiger partial charge is 0.410 e. The molecule has 1 aliphatic rings. The number of hydrogen-bond acceptors (Lipinski definition) is 6. The van der Waals surface area contributed by atoms with Crippen molar-refractivity contribution in [2.24, 2.45) is 0 Å². The van der Waals surface area contributed by atoms with Crippen molar-refractivity contribution in [1.82, 2.24) is 25.2 Å². The summed E-state index contributed by atoms with van der Waals surface area (Å²) in [7, 11) is 0. The van der Waals surface area contributed by atoms with Crippen molar-refractivity contribution in [3.05, 3.63) is 18.0 Å². The second-order valence-electron chi connectivity index (χ2n) is 9.60. The maximum Gasteiger partial charge on any atom is 0.410 e. The molecule has 1 saturated heterocycles. The topological polar surface area (TPSA) is 109 Å². The fourth-order valence-corrected chi connectivity index (χ4v) is 3.17.